The molecule has 0 spiro atoms. The fourth-order valence-corrected chi connectivity index (χ4v) is 5.43. The number of carbonyl (C=O) groups excluding carboxylic acids is 2. The summed E-state index contributed by atoms with van der Waals surface area (Å²) in [4.78, 5) is 26.5. The van der Waals surface area contributed by atoms with E-state index in [4.69, 9.17) is 0 Å². The number of hydrogen-bond acceptors (Lipinski definition) is 4. The average molecular weight is 364 g/mol. The van der Waals surface area contributed by atoms with Crippen molar-refractivity contribution in [1.82, 2.24) is 5.32 Å². The first-order chi connectivity index (χ1) is 11.8. The van der Waals surface area contributed by atoms with Crippen molar-refractivity contribution in [2.75, 3.05) is 29.5 Å². The Kier molecular flexibility index (Phi) is 4.86. The van der Waals surface area contributed by atoms with Gasteiger partial charge in [-0.05, 0) is 43.4 Å². The highest BCUT2D eigenvalue weighted by molar-refractivity contribution is 7.91. The Morgan fingerprint density at radius 3 is 2.76 bits per heavy atom. The molecular formula is C18H24N2O4S. The Bertz CT molecular complexity index is 803. The molecule has 2 heterocycles. The van der Waals surface area contributed by atoms with Crippen molar-refractivity contribution in [2.45, 2.75) is 26.7 Å². The third-order valence-corrected chi connectivity index (χ3v) is 7.09. The molecule has 1 N–H and O–H groups in total. The van der Waals surface area contributed by atoms with Gasteiger partial charge in [0.1, 0.15) is 0 Å². The number of aryl methyl sites for hydroxylation is 1. The molecule has 0 bridgehead atoms. The summed E-state index contributed by atoms with van der Waals surface area (Å²) in [6.45, 7) is 4.72. The van der Waals surface area contributed by atoms with Gasteiger partial charge in [0.05, 0.1) is 17.4 Å². The van der Waals surface area contributed by atoms with Crippen molar-refractivity contribution in [1.29, 1.82) is 0 Å². The zero-order chi connectivity index (χ0) is 18.2. The van der Waals surface area contributed by atoms with Crippen molar-refractivity contribution in [2.24, 2.45) is 11.8 Å². The van der Waals surface area contributed by atoms with Gasteiger partial charge in [0.2, 0.25) is 11.8 Å². The Balaban J connectivity index is 1.60. The molecule has 2 atom stereocenters. The molecule has 0 aromatic heterocycles. The molecule has 0 aliphatic carbocycles. The highest BCUT2D eigenvalue weighted by Crippen LogP contribution is 2.29. The quantitative estimate of drug-likeness (QED) is 0.870. The zero-order valence-corrected chi connectivity index (χ0v) is 15.4. The van der Waals surface area contributed by atoms with Crippen LogP contribution in [0.5, 0.6) is 0 Å². The minimum absolute atomic E-state index is 0.0128. The van der Waals surface area contributed by atoms with Crippen LogP contribution in [0, 0.1) is 25.7 Å². The van der Waals surface area contributed by atoms with Crippen molar-refractivity contribution in [3.8, 4) is 0 Å². The summed E-state index contributed by atoms with van der Waals surface area (Å²) < 4.78 is 23.0. The van der Waals surface area contributed by atoms with Gasteiger partial charge in [0, 0.05) is 25.2 Å². The molecule has 0 radical (unpaired) electrons. The molecule has 6 nitrogen and oxygen atoms in total. The van der Waals surface area contributed by atoms with E-state index in [0.29, 0.717) is 19.5 Å². The lowest BCUT2D eigenvalue weighted by molar-refractivity contribution is -0.126. The lowest BCUT2D eigenvalue weighted by atomic mass is 10.1. The summed E-state index contributed by atoms with van der Waals surface area (Å²) in [5.41, 5.74) is 3.02. The second-order valence-electron chi connectivity index (χ2n) is 7.14. The minimum atomic E-state index is -2.94. The van der Waals surface area contributed by atoms with E-state index in [-0.39, 0.29) is 41.6 Å². The maximum atomic E-state index is 12.4. The van der Waals surface area contributed by atoms with Crippen LogP contribution in [0.3, 0.4) is 0 Å². The Morgan fingerprint density at radius 2 is 2.08 bits per heavy atom. The molecule has 7 heteroatoms. The highest BCUT2D eigenvalue weighted by Gasteiger charge is 2.36. The molecule has 2 saturated heterocycles. The van der Waals surface area contributed by atoms with Crippen LogP contribution in [-0.2, 0) is 19.4 Å². The van der Waals surface area contributed by atoms with E-state index in [2.05, 4.69) is 5.32 Å². The smallest absolute Gasteiger partial charge is 0.227 e. The number of carbonyl (C=O) groups is 2. The Morgan fingerprint density at radius 1 is 1.32 bits per heavy atom. The summed E-state index contributed by atoms with van der Waals surface area (Å²) in [6, 6.07) is 5.82. The molecule has 1 aromatic carbocycles. The Hall–Kier alpha value is -1.89. The predicted molar refractivity (Wildman–Crippen MR) is 96.1 cm³/mol. The van der Waals surface area contributed by atoms with Crippen LogP contribution in [0.15, 0.2) is 18.2 Å². The molecule has 1 aromatic rings. The van der Waals surface area contributed by atoms with Crippen molar-refractivity contribution in [3.05, 3.63) is 29.3 Å². The first-order valence-corrected chi connectivity index (χ1v) is 10.4. The first kappa shape index (κ1) is 17.9. The van der Waals surface area contributed by atoms with Crippen LogP contribution in [0.1, 0.15) is 24.0 Å². The number of nitrogens with zero attached hydrogens (tertiary/aromatic N) is 1. The van der Waals surface area contributed by atoms with Gasteiger partial charge in [-0.15, -0.1) is 0 Å². The van der Waals surface area contributed by atoms with Gasteiger partial charge in [-0.1, -0.05) is 12.1 Å². The molecule has 2 aliphatic heterocycles. The second-order valence-corrected chi connectivity index (χ2v) is 9.37. The molecule has 25 heavy (non-hydrogen) atoms. The number of nitrogens with one attached hydrogen (secondary N) is 1. The van der Waals surface area contributed by atoms with E-state index in [1.165, 1.54) is 0 Å². The van der Waals surface area contributed by atoms with Crippen LogP contribution < -0.4 is 10.2 Å². The fraction of sp³-hybridized carbons (Fsp3) is 0.556. The van der Waals surface area contributed by atoms with E-state index in [9.17, 15) is 18.0 Å². The van der Waals surface area contributed by atoms with Gasteiger partial charge < -0.3 is 10.2 Å². The average Bonchev–Trinajstić information content (AvgIpc) is 3.10. The molecule has 0 saturated carbocycles. The fourth-order valence-electron chi connectivity index (χ4n) is 3.57. The minimum Gasteiger partial charge on any atom is -0.355 e. The molecule has 136 valence electrons. The van der Waals surface area contributed by atoms with E-state index >= 15 is 0 Å². The third kappa shape index (κ3) is 3.86. The lowest BCUT2D eigenvalue weighted by Gasteiger charge is -2.20. The molecule has 3 rings (SSSR count). The maximum absolute atomic E-state index is 12.4. The van der Waals surface area contributed by atoms with Crippen LogP contribution in [0.4, 0.5) is 5.69 Å². The van der Waals surface area contributed by atoms with Gasteiger partial charge in [0.25, 0.3) is 0 Å². The molecule has 0 unspecified atom stereocenters. The standard InChI is InChI=1S/C18H24N2O4S/c1-12-4-3-5-16(13(12)2)20-10-15(8-17(20)21)18(22)19-9-14-6-7-25(23,24)11-14/h3-5,14-15H,6-11H2,1-2H3,(H,19,22)/t14-,15+/m0/s1. The normalized spacial score (nSPS) is 25.4. The van der Waals surface area contributed by atoms with E-state index < -0.39 is 9.84 Å². The van der Waals surface area contributed by atoms with Gasteiger partial charge in [-0.3, -0.25) is 9.59 Å². The molecule has 2 aliphatic rings. The molecule has 2 fully saturated rings. The third-order valence-electron chi connectivity index (χ3n) is 5.25. The van der Waals surface area contributed by atoms with Crippen molar-refractivity contribution < 1.29 is 18.0 Å². The topological polar surface area (TPSA) is 83.6 Å². The first-order valence-electron chi connectivity index (χ1n) is 8.61. The monoisotopic (exact) mass is 364 g/mol. The summed E-state index contributed by atoms with van der Waals surface area (Å²) in [5, 5.41) is 2.84. The number of amides is 2. The largest absolute Gasteiger partial charge is 0.355 e. The van der Waals surface area contributed by atoms with Crippen molar-refractivity contribution >= 4 is 27.3 Å². The van der Waals surface area contributed by atoms with Gasteiger partial charge in [-0.25, -0.2) is 8.42 Å². The Labute approximate surface area is 148 Å². The van der Waals surface area contributed by atoms with E-state index in [1.54, 1.807) is 4.90 Å². The maximum Gasteiger partial charge on any atom is 0.227 e. The van der Waals surface area contributed by atoms with E-state index in [1.807, 2.05) is 32.0 Å². The number of hydrogen-bond donors (Lipinski definition) is 1. The van der Waals surface area contributed by atoms with Gasteiger partial charge in [-0.2, -0.15) is 0 Å². The number of anilines is 1. The second kappa shape index (κ2) is 6.78. The predicted octanol–water partition coefficient (Wildman–Crippen LogP) is 1.21. The lowest BCUT2D eigenvalue weighted by Crippen LogP contribution is -2.36. The van der Waals surface area contributed by atoms with Crippen LogP contribution in [0.2, 0.25) is 0 Å². The highest BCUT2D eigenvalue weighted by atomic mass is 32.2. The van der Waals surface area contributed by atoms with Crippen LogP contribution in [-0.4, -0.2) is 44.8 Å². The molecular weight excluding hydrogens is 340 g/mol. The molecule has 2 amide bonds. The summed E-state index contributed by atoms with van der Waals surface area (Å²) in [7, 11) is -2.94. The van der Waals surface area contributed by atoms with Gasteiger partial charge >= 0.3 is 0 Å². The zero-order valence-electron chi connectivity index (χ0n) is 14.6. The SMILES string of the molecule is Cc1cccc(N2C[C@H](C(=O)NC[C@@H]3CCS(=O)(=O)C3)CC2=O)c1C. The van der Waals surface area contributed by atoms with Crippen molar-refractivity contribution in [3.63, 3.8) is 0 Å². The van der Waals surface area contributed by atoms with Gasteiger partial charge in [0.15, 0.2) is 9.84 Å². The number of sulfone groups is 1. The summed E-state index contributed by atoms with van der Waals surface area (Å²) in [5.74, 6) is -0.254. The number of benzene rings is 1. The van der Waals surface area contributed by atoms with Crippen LogP contribution in [0.25, 0.3) is 0 Å². The van der Waals surface area contributed by atoms with Crippen LogP contribution >= 0.6 is 0 Å². The number of rotatable bonds is 4. The summed E-state index contributed by atoms with van der Waals surface area (Å²) >= 11 is 0. The summed E-state index contributed by atoms with van der Waals surface area (Å²) in [6.07, 6.45) is 0.795. The van der Waals surface area contributed by atoms with E-state index in [0.717, 1.165) is 16.8 Å².